The van der Waals surface area contributed by atoms with Crippen LogP contribution in [0.5, 0.6) is 0 Å². The molecule has 0 aromatic heterocycles. The van der Waals surface area contributed by atoms with E-state index in [1.165, 1.54) is 0 Å². The minimum Gasteiger partial charge on any atom is -0.444 e. The van der Waals surface area contributed by atoms with E-state index in [2.05, 4.69) is 0 Å². The Hall–Kier alpha value is -0.810. The van der Waals surface area contributed by atoms with Gasteiger partial charge in [-0.25, -0.2) is 4.79 Å². The average molecular weight is 259 g/mol. The molecule has 1 unspecified atom stereocenters. The zero-order valence-corrected chi connectivity index (χ0v) is 12.2. The second-order valence-corrected chi connectivity index (χ2v) is 6.41. The molecule has 1 heterocycles. The molecular formula is C13H25NO4. The summed E-state index contributed by atoms with van der Waals surface area (Å²) in [5.41, 5.74) is -2.23. The molecule has 0 bridgehead atoms. The van der Waals surface area contributed by atoms with Crippen molar-refractivity contribution in [3.05, 3.63) is 0 Å². The third kappa shape index (κ3) is 3.14. The molecule has 1 saturated heterocycles. The fourth-order valence-corrected chi connectivity index (χ4v) is 2.18. The summed E-state index contributed by atoms with van der Waals surface area (Å²) in [6, 6.07) is 0. The number of carbonyl (C=O) groups excluding carboxylic acids is 1. The van der Waals surface area contributed by atoms with E-state index >= 15 is 0 Å². The Kier molecular flexibility index (Phi) is 3.98. The van der Waals surface area contributed by atoms with Crippen LogP contribution >= 0.6 is 0 Å². The van der Waals surface area contributed by atoms with Crippen molar-refractivity contribution in [3.8, 4) is 0 Å². The highest BCUT2D eigenvalue weighted by atomic mass is 16.6. The number of likely N-dealkylation sites (tertiary alicyclic amines) is 1. The van der Waals surface area contributed by atoms with Crippen LogP contribution in [-0.4, -0.2) is 53.1 Å². The van der Waals surface area contributed by atoms with Gasteiger partial charge in [0.1, 0.15) is 11.2 Å². The Morgan fingerprint density at radius 3 is 2.17 bits per heavy atom. The lowest BCUT2D eigenvalue weighted by Gasteiger charge is -2.38. The Morgan fingerprint density at radius 1 is 1.28 bits per heavy atom. The zero-order chi connectivity index (χ0) is 14.2. The SMILES string of the molecule is COC1(C(C)(C)O)CCN(C(=O)OC(C)(C)C)C1. The van der Waals surface area contributed by atoms with Crippen LogP contribution in [0.4, 0.5) is 4.79 Å². The molecule has 0 aliphatic carbocycles. The van der Waals surface area contributed by atoms with Crippen molar-refractivity contribution in [2.24, 2.45) is 0 Å². The van der Waals surface area contributed by atoms with Gasteiger partial charge in [0.25, 0.3) is 0 Å². The molecule has 0 saturated carbocycles. The normalized spacial score (nSPS) is 25.4. The number of hydrogen-bond donors (Lipinski definition) is 1. The predicted octanol–water partition coefficient (Wildman–Crippen LogP) is 1.78. The van der Waals surface area contributed by atoms with Crippen molar-refractivity contribution in [2.45, 2.75) is 57.8 Å². The number of hydrogen-bond acceptors (Lipinski definition) is 4. The Morgan fingerprint density at radius 2 is 1.83 bits per heavy atom. The van der Waals surface area contributed by atoms with Gasteiger partial charge in [-0.05, 0) is 41.0 Å². The van der Waals surface area contributed by atoms with E-state index in [4.69, 9.17) is 9.47 Å². The number of rotatable bonds is 2. The van der Waals surface area contributed by atoms with Crippen molar-refractivity contribution >= 4 is 6.09 Å². The van der Waals surface area contributed by atoms with Crippen molar-refractivity contribution < 1.29 is 19.4 Å². The molecule has 1 aliphatic rings. The maximum Gasteiger partial charge on any atom is 0.410 e. The fraction of sp³-hybridized carbons (Fsp3) is 0.923. The fourth-order valence-electron chi connectivity index (χ4n) is 2.18. The molecule has 1 fully saturated rings. The number of aliphatic hydroxyl groups is 1. The molecule has 5 nitrogen and oxygen atoms in total. The van der Waals surface area contributed by atoms with Crippen LogP contribution in [0.2, 0.25) is 0 Å². The molecule has 0 aromatic carbocycles. The molecule has 0 spiro atoms. The third-order valence-corrected chi connectivity index (χ3v) is 3.39. The Bertz CT molecular complexity index is 316. The number of amides is 1. The van der Waals surface area contributed by atoms with Crippen LogP contribution in [0.25, 0.3) is 0 Å². The quantitative estimate of drug-likeness (QED) is 0.821. The number of methoxy groups -OCH3 is 1. The van der Waals surface area contributed by atoms with Crippen molar-refractivity contribution in [3.63, 3.8) is 0 Å². The van der Waals surface area contributed by atoms with E-state index in [0.717, 1.165) is 0 Å². The number of carbonyl (C=O) groups is 1. The maximum absolute atomic E-state index is 12.0. The molecule has 5 heteroatoms. The molecule has 18 heavy (non-hydrogen) atoms. The smallest absolute Gasteiger partial charge is 0.410 e. The van der Waals surface area contributed by atoms with Gasteiger partial charge < -0.3 is 19.5 Å². The molecule has 1 amide bonds. The van der Waals surface area contributed by atoms with E-state index in [1.807, 2.05) is 20.8 Å². The lowest BCUT2D eigenvalue weighted by Crippen LogP contribution is -2.54. The standard InChI is InChI=1S/C13H25NO4/c1-11(2,3)18-10(15)14-8-7-13(9-14,17-6)12(4,5)16/h16H,7-9H2,1-6H3. The zero-order valence-electron chi connectivity index (χ0n) is 12.2. The minimum atomic E-state index is -1.00. The summed E-state index contributed by atoms with van der Waals surface area (Å²) in [7, 11) is 1.57. The first kappa shape index (κ1) is 15.2. The van der Waals surface area contributed by atoms with Gasteiger partial charge in [0, 0.05) is 13.7 Å². The topological polar surface area (TPSA) is 59.0 Å². The summed E-state index contributed by atoms with van der Waals surface area (Å²) < 4.78 is 10.8. The van der Waals surface area contributed by atoms with Crippen LogP contribution in [0.15, 0.2) is 0 Å². The lowest BCUT2D eigenvalue weighted by atomic mass is 9.85. The van der Waals surface area contributed by atoms with E-state index in [0.29, 0.717) is 19.5 Å². The molecule has 0 aromatic rings. The van der Waals surface area contributed by atoms with Gasteiger partial charge in [-0.3, -0.25) is 0 Å². The Balaban J connectivity index is 2.74. The lowest BCUT2D eigenvalue weighted by molar-refractivity contribution is -0.143. The van der Waals surface area contributed by atoms with Crippen LogP contribution in [0.1, 0.15) is 41.0 Å². The van der Waals surface area contributed by atoms with E-state index in [1.54, 1.807) is 25.9 Å². The first-order chi connectivity index (χ1) is 8.01. The van der Waals surface area contributed by atoms with Crippen molar-refractivity contribution in [2.75, 3.05) is 20.2 Å². The summed E-state index contributed by atoms with van der Waals surface area (Å²) in [5.74, 6) is 0. The molecule has 1 aliphatic heterocycles. The average Bonchev–Trinajstić information content (AvgIpc) is 2.59. The van der Waals surface area contributed by atoms with Gasteiger partial charge in [-0.2, -0.15) is 0 Å². The summed E-state index contributed by atoms with van der Waals surface area (Å²) >= 11 is 0. The Labute approximate surface area is 109 Å². The maximum atomic E-state index is 12.0. The van der Waals surface area contributed by atoms with Gasteiger partial charge >= 0.3 is 6.09 Å². The molecule has 0 radical (unpaired) electrons. The third-order valence-electron chi connectivity index (χ3n) is 3.39. The van der Waals surface area contributed by atoms with Gasteiger partial charge in [0.2, 0.25) is 0 Å². The minimum absolute atomic E-state index is 0.349. The second kappa shape index (κ2) is 4.70. The molecular weight excluding hydrogens is 234 g/mol. The summed E-state index contributed by atoms with van der Waals surface area (Å²) in [6.45, 7) is 9.79. The highest BCUT2D eigenvalue weighted by Gasteiger charge is 2.50. The summed E-state index contributed by atoms with van der Waals surface area (Å²) in [4.78, 5) is 13.5. The number of ether oxygens (including phenoxy) is 2. The number of nitrogens with zero attached hydrogens (tertiary/aromatic N) is 1. The largest absolute Gasteiger partial charge is 0.444 e. The van der Waals surface area contributed by atoms with Crippen LogP contribution in [0.3, 0.4) is 0 Å². The predicted molar refractivity (Wildman–Crippen MR) is 68.5 cm³/mol. The highest BCUT2D eigenvalue weighted by Crippen LogP contribution is 2.35. The van der Waals surface area contributed by atoms with Crippen LogP contribution in [0, 0.1) is 0 Å². The van der Waals surface area contributed by atoms with E-state index in [-0.39, 0.29) is 6.09 Å². The van der Waals surface area contributed by atoms with Crippen LogP contribution < -0.4 is 0 Å². The molecule has 1 N–H and O–H groups in total. The van der Waals surface area contributed by atoms with Crippen LogP contribution in [-0.2, 0) is 9.47 Å². The highest BCUT2D eigenvalue weighted by molar-refractivity contribution is 5.68. The molecule has 1 atom stereocenters. The van der Waals surface area contributed by atoms with Gasteiger partial charge in [0.05, 0.1) is 12.1 Å². The monoisotopic (exact) mass is 259 g/mol. The summed E-state index contributed by atoms with van der Waals surface area (Å²) in [5, 5.41) is 10.2. The second-order valence-electron chi connectivity index (χ2n) is 6.41. The van der Waals surface area contributed by atoms with Crippen molar-refractivity contribution in [1.29, 1.82) is 0 Å². The van der Waals surface area contributed by atoms with E-state index < -0.39 is 16.8 Å². The van der Waals surface area contributed by atoms with Gasteiger partial charge in [-0.15, -0.1) is 0 Å². The first-order valence-corrected chi connectivity index (χ1v) is 6.26. The van der Waals surface area contributed by atoms with Crippen molar-refractivity contribution in [1.82, 2.24) is 4.90 Å². The first-order valence-electron chi connectivity index (χ1n) is 6.26. The van der Waals surface area contributed by atoms with E-state index in [9.17, 15) is 9.90 Å². The van der Waals surface area contributed by atoms with Gasteiger partial charge in [-0.1, -0.05) is 0 Å². The summed E-state index contributed by atoms with van der Waals surface area (Å²) in [6.07, 6.45) is 0.248. The van der Waals surface area contributed by atoms with Gasteiger partial charge in [0.15, 0.2) is 0 Å². The molecule has 1 rings (SSSR count). The molecule has 106 valence electrons.